The van der Waals surface area contributed by atoms with Crippen LogP contribution in [0.5, 0.6) is 0 Å². The molecule has 3 N–H and O–H groups in total. The lowest BCUT2D eigenvalue weighted by Gasteiger charge is -2.41. The molecular formula is C25H26N4O5. The van der Waals surface area contributed by atoms with Gasteiger partial charge in [-0.25, -0.2) is 4.79 Å². The molecular weight excluding hydrogens is 436 g/mol. The van der Waals surface area contributed by atoms with Crippen molar-refractivity contribution in [2.45, 2.75) is 37.4 Å². The highest BCUT2D eigenvalue weighted by Gasteiger charge is 2.55. The molecule has 0 amide bonds. The number of aromatic nitrogens is 2. The van der Waals surface area contributed by atoms with Gasteiger partial charge in [0.25, 0.3) is 5.56 Å². The van der Waals surface area contributed by atoms with Crippen LogP contribution in [0, 0.1) is 6.92 Å². The van der Waals surface area contributed by atoms with Crippen LogP contribution in [0.15, 0.2) is 81.4 Å². The first-order valence-electron chi connectivity index (χ1n) is 11.2. The molecule has 9 nitrogen and oxygen atoms in total. The first-order chi connectivity index (χ1) is 16.4. The van der Waals surface area contributed by atoms with Gasteiger partial charge < -0.3 is 19.8 Å². The molecule has 5 rings (SSSR count). The number of nitrogens with one attached hydrogen (secondary N) is 1. The third-order valence-corrected chi connectivity index (χ3v) is 6.45. The summed E-state index contributed by atoms with van der Waals surface area (Å²) in [7, 11) is 0. The molecule has 34 heavy (non-hydrogen) atoms. The second-order valence-corrected chi connectivity index (χ2v) is 8.65. The molecule has 9 heteroatoms. The van der Waals surface area contributed by atoms with Crippen molar-refractivity contribution >= 4 is 5.84 Å². The highest BCUT2D eigenvalue weighted by Crippen LogP contribution is 2.42. The molecule has 0 bridgehead atoms. The Balaban J connectivity index is 1.70. The maximum Gasteiger partial charge on any atom is 0.332 e. The van der Waals surface area contributed by atoms with Crippen molar-refractivity contribution in [3.05, 3.63) is 104 Å². The summed E-state index contributed by atoms with van der Waals surface area (Å²) in [6.07, 6.45) is -0.507. The smallest absolute Gasteiger partial charge is 0.332 e. The van der Waals surface area contributed by atoms with Gasteiger partial charge in [-0.2, -0.15) is 0 Å². The summed E-state index contributed by atoms with van der Waals surface area (Å²) in [6, 6.07) is 19.1. The number of aliphatic hydroxyl groups excluding tert-OH is 2. The van der Waals surface area contributed by atoms with Gasteiger partial charge in [0.05, 0.1) is 25.3 Å². The Hall–Kier alpha value is -3.53. The Morgan fingerprint density at radius 2 is 1.79 bits per heavy atom. The largest absolute Gasteiger partial charge is 0.394 e. The molecule has 0 radical (unpaired) electrons. The molecule has 1 saturated heterocycles. The van der Waals surface area contributed by atoms with Crippen LogP contribution in [0.4, 0.5) is 0 Å². The lowest BCUT2D eigenvalue weighted by molar-refractivity contribution is -0.187. The van der Waals surface area contributed by atoms with Crippen molar-refractivity contribution in [1.29, 1.82) is 0 Å². The van der Waals surface area contributed by atoms with Crippen LogP contribution >= 0.6 is 0 Å². The van der Waals surface area contributed by atoms with Crippen molar-refractivity contribution in [2.24, 2.45) is 4.99 Å². The van der Waals surface area contributed by atoms with Crippen LogP contribution in [0.25, 0.3) is 0 Å². The maximum absolute atomic E-state index is 13.1. The Labute approximate surface area is 195 Å². The van der Waals surface area contributed by atoms with Crippen LogP contribution in [0.3, 0.4) is 0 Å². The van der Waals surface area contributed by atoms with Crippen LogP contribution in [0.2, 0.25) is 0 Å². The summed E-state index contributed by atoms with van der Waals surface area (Å²) in [5.74, 6) is -0.909. The van der Waals surface area contributed by atoms with Gasteiger partial charge in [-0.3, -0.25) is 19.3 Å². The van der Waals surface area contributed by atoms with E-state index in [0.717, 1.165) is 11.1 Å². The van der Waals surface area contributed by atoms with Gasteiger partial charge in [-0.05, 0) is 12.5 Å². The number of ether oxygens (including phenoxy) is 1. The van der Waals surface area contributed by atoms with E-state index >= 15 is 0 Å². The van der Waals surface area contributed by atoms with Gasteiger partial charge in [-0.1, -0.05) is 60.7 Å². The third kappa shape index (κ3) is 3.67. The first kappa shape index (κ1) is 22.3. The van der Waals surface area contributed by atoms with E-state index in [4.69, 9.17) is 9.73 Å². The van der Waals surface area contributed by atoms with Gasteiger partial charge in [0.15, 0.2) is 0 Å². The number of aliphatic hydroxyl groups is 2. The van der Waals surface area contributed by atoms with Gasteiger partial charge >= 0.3 is 5.69 Å². The zero-order valence-electron chi connectivity index (χ0n) is 18.7. The Bertz CT molecular complexity index is 1320. The highest BCUT2D eigenvalue weighted by molar-refractivity contribution is 6.00. The quantitative estimate of drug-likeness (QED) is 0.522. The van der Waals surface area contributed by atoms with Crippen LogP contribution in [0.1, 0.15) is 29.2 Å². The number of nitrogens with zero attached hydrogens (tertiary/aromatic N) is 3. The van der Waals surface area contributed by atoms with Crippen LogP contribution < -0.4 is 11.2 Å². The predicted molar refractivity (Wildman–Crippen MR) is 125 cm³/mol. The molecule has 3 heterocycles. The Morgan fingerprint density at radius 3 is 2.44 bits per heavy atom. The molecule has 3 aromatic rings. The molecule has 0 saturated carbocycles. The Kier molecular flexibility index (Phi) is 5.68. The fourth-order valence-electron chi connectivity index (χ4n) is 4.72. The average molecular weight is 463 g/mol. The van der Waals surface area contributed by atoms with Crippen molar-refractivity contribution < 1.29 is 14.9 Å². The summed E-state index contributed by atoms with van der Waals surface area (Å²) in [4.78, 5) is 34.4. The molecule has 2 aliphatic rings. The summed E-state index contributed by atoms with van der Waals surface area (Å²) in [5.41, 5.74) is 0.976. The number of aromatic amines is 1. The van der Waals surface area contributed by atoms with Crippen molar-refractivity contribution in [2.75, 3.05) is 13.2 Å². The number of aliphatic imine (C=N–C) groups is 1. The summed E-state index contributed by atoms with van der Waals surface area (Å²) in [5, 5.41) is 20.6. The summed E-state index contributed by atoms with van der Waals surface area (Å²) < 4.78 is 7.58. The lowest BCUT2D eigenvalue weighted by atomic mass is 10.1. The fourth-order valence-corrected chi connectivity index (χ4v) is 4.72. The number of aryl methyl sites for hydroxylation is 1. The van der Waals surface area contributed by atoms with Gasteiger partial charge in [0.1, 0.15) is 11.9 Å². The standard InChI is InChI=1S/C25H26N4O5/c1-16-13-29(24(33)27-23(16)32)25(12-20(31)21(15-30)34-25)28-14-19(17-8-4-2-5-9-17)26-22(28)18-10-6-3-7-11-18/h2-11,13,19-21,30-31H,12,14-15H2,1H3,(H,27,32,33)/t19?,20-,21+,25-/m0/s1. The fraction of sp³-hybridized carbons (Fsp3) is 0.320. The molecule has 4 atom stereocenters. The van der Waals surface area contributed by atoms with Crippen LogP contribution in [-0.4, -0.2) is 55.9 Å². The molecule has 2 aromatic carbocycles. The Morgan fingerprint density at radius 1 is 1.12 bits per heavy atom. The SMILES string of the molecule is Cc1cn([C@@]2(N3CC(c4ccccc4)N=C3c3ccccc3)C[C@H](O)[C@@H](CO)O2)c(=O)[nH]c1=O. The zero-order chi connectivity index (χ0) is 23.9. The van der Waals surface area contributed by atoms with E-state index in [2.05, 4.69) is 4.98 Å². The topological polar surface area (TPSA) is 120 Å². The van der Waals surface area contributed by atoms with E-state index < -0.39 is 35.9 Å². The van der Waals surface area contributed by atoms with Crippen molar-refractivity contribution in [1.82, 2.24) is 14.5 Å². The number of amidine groups is 1. The first-order valence-corrected chi connectivity index (χ1v) is 11.2. The van der Waals surface area contributed by atoms with Gasteiger partial charge in [0, 0.05) is 23.7 Å². The number of H-pyrrole nitrogens is 1. The summed E-state index contributed by atoms with van der Waals surface area (Å²) >= 11 is 0. The van der Waals surface area contributed by atoms with Gasteiger partial charge in [0.2, 0.25) is 5.85 Å². The molecule has 2 aliphatic heterocycles. The second-order valence-electron chi connectivity index (χ2n) is 8.65. The van der Waals surface area contributed by atoms with E-state index in [1.165, 1.54) is 10.8 Å². The van der Waals surface area contributed by atoms with Gasteiger partial charge in [-0.15, -0.1) is 0 Å². The monoisotopic (exact) mass is 462 g/mol. The van der Waals surface area contributed by atoms with E-state index in [-0.39, 0.29) is 12.5 Å². The predicted octanol–water partition coefficient (Wildman–Crippen LogP) is 1.10. The number of benzene rings is 2. The number of hydrogen-bond donors (Lipinski definition) is 3. The molecule has 176 valence electrons. The lowest BCUT2D eigenvalue weighted by Crippen LogP contribution is -2.57. The normalized spacial score (nSPS) is 26.6. The van der Waals surface area contributed by atoms with E-state index in [9.17, 15) is 19.8 Å². The minimum Gasteiger partial charge on any atom is -0.394 e. The van der Waals surface area contributed by atoms with E-state index in [1.807, 2.05) is 65.6 Å². The molecule has 1 unspecified atom stereocenters. The van der Waals surface area contributed by atoms with Crippen molar-refractivity contribution in [3.8, 4) is 0 Å². The van der Waals surface area contributed by atoms with Crippen molar-refractivity contribution in [3.63, 3.8) is 0 Å². The summed E-state index contributed by atoms with van der Waals surface area (Å²) in [6.45, 7) is 1.54. The average Bonchev–Trinajstić information content (AvgIpc) is 3.45. The molecule has 1 fully saturated rings. The highest BCUT2D eigenvalue weighted by atomic mass is 16.6. The van der Waals surface area contributed by atoms with E-state index in [0.29, 0.717) is 17.9 Å². The zero-order valence-corrected chi connectivity index (χ0v) is 18.7. The molecule has 0 aliphatic carbocycles. The van der Waals surface area contributed by atoms with Crippen LogP contribution in [-0.2, 0) is 10.6 Å². The number of hydrogen-bond acceptors (Lipinski definition) is 7. The number of rotatable bonds is 5. The molecule has 1 aromatic heterocycles. The third-order valence-electron chi connectivity index (χ3n) is 6.45. The maximum atomic E-state index is 13.1. The minimum atomic E-state index is -1.50. The minimum absolute atomic E-state index is 0.00300. The molecule has 0 spiro atoms. The van der Waals surface area contributed by atoms with E-state index in [1.54, 1.807) is 6.92 Å². The second kappa shape index (κ2) is 8.68.